The fraction of sp³-hybridized carbons (Fsp3) is 0.273. The Morgan fingerprint density at radius 1 is 1.31 bits per heavy atom. The first-order chi connectivity index (χ1) is 7.36. The van der Waals surface area contributed by atoms with Crippen LogP contribution in [0.2, 0.25) is 5.02 Å². The zero-order chi connectivity index (χ0) is 12.3. The van der Waals surface area contributed by atoms with Crippen LogP contribution in [0.4, 0.5) is 0 Å². The summed E-state index contributed by atoms with van der Waals surface area (Å²) < 4.78 is 0. The Morgan fingerprint density at radius 3 is 2.19 bits per heavy atom. The SMILES string of the molecule is CC(=O)NC(C)(C(=O)O)c1ccc(Cl)cc1. The topological polar surface area (TPSA) is 66.4 Å². The zero-order valence-corrected chi connectivity index (χ0v) is 9.71. The van der Waals surface area contributed by atoms with Crippen molar-refractivity contribution >= 4 is 23.5 Å². The molecular formula is C11H12ClNO3. The third-order valence-corrected chi connectivity index (χ3v) is 2.53. The van der Waals surface area contributed by atoms with E-state index in [1.54, 1.807) is 24.3 Å². The molecule has 1 rings (SSSR count). The van der Waals surface area contributed by atoms with Gasteiger partial charge in [-0.2, -0.15) is 0 Å². The smallest absolute Gasteiger partial charge is 0.333 e. The Kier molecular flexibility index (Phi) is 3.55. The molecule has 0 aliphatic heterocycles. The lowest BCUT2D eigenvalue weighted by molar-refractivity contribution is -0.147. The van der Waals surface area contributed by atoms with Gasteiger partial charge in [0.2, 0.25) is 5.91 Å². The number of benzene rings is 1. The van der Waals surface area contributed by atoms with Crippen molar-refractivity contribution in [2.45, 2.75) is 19.4 Å². The van der Waals surface area contributed by atoms with Gasteiger partial charge in [0.1, 0.15) is 0 Å². The minimum atomic E-state index is -1.43. The van der Waals surface area contributed by atoms with E-state index in [0.717, 1.165) is 0 Å². The van der Waals surface area contributed by atoms with Gasteiger partial charge in [-0.05, 0) is 24.6 Å². The molecule has 0 fully saturated rings. The average molecular weight is 242 g/mol. The molecule has 0 aliphatic carbocycles. The normalized spacial score (nSPS) is 13.9. The first-order valence-electron chi connectivity index (χ1n) is 4.64. The largest absolute Gasteiger partial charge is 0.479 e. The molecule has 1 aromatic carbocycles. The molecule has 1 unspecified atom stereocenters. The molecule has 0 saturated heterocycles. The van der Waals surface area contributed by atoms with Gasteiger partial charge in [0.25, 0.3) is 0 Å². The summed E-state index contributed by atoms with van der Waals surface area (Å²) in [6.07, 6.45) is 0. The predicted octanol–water partition coefficient (Wildman–Crippen LogP) is 1.78. The first kappa shape index (κ1) is 12.5. The van der Waals surface area contributed by atoms with Crippen LogP contribution in [0.1, 0.15) is 19.4 Å². The van der Waals surface area contributed by atoms with Crippen LogP contribution in [0.3, 0.4) is 0 Å². The van der Waals surface area contributed by atoms with E-state index >= 15 is 0 Å². The highest BCUT2D eigenvalue weighted by Crippen LogP contribution is 2.22. The van der Waals surface area contributed by atoms with Crippen LogP contribution < -0.4 is 5.32 Å². The molecule has 5 heteroatoms. The predicted molar refractivity (Wildman–Crippen MR) is 60.3 cm³/mol. The number of carbonyl (C=O) groups excluding carboxylic acids is 1. The minimum Gasteiger partial charge on any atom is -0.479 e. The molecule has 0 heterocycles. The lowest BCUT2D eigenvalue weighted by atomic mass is 9.92. The van der Waals surface area contributed by atoms with Gasteiger partial charge in [-0.3, -0.25) is 4.79 Å². The van der Waals surface area contributed by atoms with Crippen molar-refractivity contribution in [3.8, 4) is 0 Å². The summed E-state index contributed by atoms with van der Waals surface area (Å²) in [6.45, 7) is 2.71. The van der Waals surface area contributed by atoms with Crippen molar-refractivity contribution in [3.63, 3.8) is 0 Å². The van der Waals surface area contributed by atoms with Crippen molar-refractivity contribution in [1.29, 1.82) is 0 Å². The maximum Gasteiger partial charge on any atom is 0.333 e. The standard InChI is InChI=1S/C11H12ClNO3/c1-7(14)13-11(2,10(15)16)8-3-5-9(12)6-4-8/h3-6H,1-2H3,(H,13,14)(H,15,16). The van der Waals surface area contributed by atoms with E-state index in [2.05, 4.69) is 5.32 Å². The van der Waals surface area contributed by atoms with E-state index in [0.29, 0.717) is 10.6 Å². The van der Waals surface area contributed by atoms with E-state index in [-0.39, 0.29) is 0 Å². The second-order valence-electron chi connectivity index (χ2n) is 3.62. The lowest BCUT2D eigenvalue weighted by Crippen LogP contribution is -2.48. The molecule has 0 aromatic heterocycles. The zero-order valence-electron chi connectivity index (χ0n) is 8.95. The van der Waals surface area contributed by atoms with Crippen LogP contribution in [-0.2, 0) is 15.1 Å². The second-order valence-corrected chi connectivity index (χ2v) is 4.05. The van der Waals surface area contributed by atoms with E-state index < -0.39 is 17.4 Å². The number of hydrogen-bond acceptors (Lipinski definition) is 2. The number of carboxylic acid groups (broad SMARTS) is 1. The molecule has 2 N–H and O–H groups in total. The monoisotopic (exact) mass is 241 g/mol. The number of halogens is 1. The molecule has 0 radical (unpaired) electrons. The fourth-order valence-electron chi connectivity index (χ4n) is 1.38. The Balaban J connectivity index is 3.16. The van der Waals surface area contributed by atoms with E-state index in [1.165, 1.54) is 13.8 Å². The number of hydrogen-bond donors (Lipinski definition) is 2. The van der Waals surface area contributed by atoms with Gasteiger partial charge >= 0.3 is 5.97 Å². The number of carboxylic acids is 1. The Labute approximate surface area is 98.2 Å². The van der Waals surface area contributed by atoms with Gasteiger partial charge in [0.15, 0.2) is 5.54 Å². The van der Waals surface area contributed by atoms with E-state index in [4.69, 9.17) is 16.7 Å². The number of amides is 1. The molecule has 0 bridgehead atoms. The minimum absolute atomic E-state index is 0.403. The van der Waals surface area contributed by atoms with Gasteiger partial charge in [0, 0.05) is 11.9 Å². The molecule has 0 saturated carbocycles. The molecule has 1 amide bonds. The summed E-state index contributed by atoms with van der Waals surface area (Å²) in [5, 5.41) is 12.1. The Bertz CT molecular complexity index is 416. The maximum atomic E-state index is 11.2. The van der Waals surface area contributed by atoms with Gasteiger partial charge in [-0.1, -0.05) is 23.7 Å². The molecular weight excluding hydrogens is 230 g/mol. The summed E-state index contributed by atoms with van der Waals surface area (Å²) >= 11 is 5.71. The first-order valence-corrected chi connectivity index (χ1v) is 5.02. The number of aliphatic carboxylic acids is 1. The quantitative estimate of drug-likeness (QED) is 0.848. The van der Waals surface area contributed by atoms with Gasteiger partial charge in [-0.15, -0.1) is 0 Å². The number of rotatable bonds is 3. The number of carbonyl (C=O) groups is 2. The van der Waals surface area contributed by atoms with Gasteiger partial charge < -0.3 is 10.4 Å². The van der Waals surface area contributed by atoms with Crippen molar-refractivity contribution in [2.75, 3.05) is 0 Å². The fourth-order valence-corrected chi connectivity index (χ4v) is 1.51. The summed E-state index contributed by atoms with van der Waals surface area (Å²) in [6, 6.07) is 6.32. The molecule has 0 aliphatic rings. The third-order valence-electron chi connectivity index (χ3n) is 2.28. The van der Waals surface area contributed by atoms with Crippen LogP contribution in [0, 0.1) is 0 Å². The van der Waals surface area contributed by atoms with E-state index in [9.17, 15) is 9.59 Å². The molecule has 1 atom stereocenters. The van der Waals surface area contributed by atoms with Crippen LogP contribution in [0.25, 0.3) is 0 Å². The van der Waals surface area contributed by atoms with Crippen LogP contribution in [0.5, 0.6) is 0 Å². The van der Waals surface area contributed by atoms with Crippen LogP contribution in [-0.4, -0.2) is 17.0 Å². The number of nitrogens with one attached hydrogen (secondary N) is 1. The molecule has 1 aromatic rings. The maximum absolute atomic E-state index is 11.2. The highest BCUT2D eigenvalue weighted by molar-refractivity contribution is 6.30. The van der Waals surface area contributed by atoms with Crippen LogP contribution in [0.15, 0.2) is 24.3 Å². The Morgan fingerprint density at radius 2 is 1.81 bits per heavy atom. The summed E-state index contributed by atoms with van der Waals surface area (Å²) in [5.41, 5.74) is -0.962. The molecule has 86 valence electrons. The van der Waals surface area contributed by atoms with Gasteiger partial charge in [0.05, 0.1) is 0 Å². The van der Waals surface area contributed by atoms with Crippen molar-refractivity contribution in [2.24, 2.45) is 0 Å². The molecule has 16 heavy (non-hydrogen) atoms. The van der Waals surface area contributed by atoms with E-state index in [1.807, 2.05) is 0 Å². The molecule has 0 spiro atoms. The summed E-state index contributed by atoms with van der Waals surface area (Å²) in [7, 11) is 0. The lowest BCUT2D eigenvalue weighted by Gasteiger charge is -2.26. The highest BCUT2D eigenvalue weighted by atomic mass is 35.5. The van der Waals surface area contributed by atoms with Gasteiger partial charge in [-0.25, -0.2) is 4.79 Å². The third kappa shape index (κ3) is 2.52. The summed E-state index contributed by atoms with van der Waals surface area (Å²) in [4.78, 5) is 22.2. The highest BCUT2D eigenvalue weighted by Gasteiger charge is 2.35. The molecule has 4 nitrogen and oxygen atoms in total. The van der Waals surface area contributed by atoms with Crippen LogP contribution >= 0.6 is 11.6 Å². The van der Waals surface area contributed by atoms with Crippen molar-refractivity contribution in [3.05, 3.63) is 34.9 Å². The van der Waals surface area contributed by atoms with Crippen molar-refractivity contribution in [1.82, 2.24) is 5.32 Å². The Hall–Kier alpha value is -1.55. The summed E-state index contributed by atoms with van der Waals surface area (Å²) in [5.74, 6) is -1.52. The second kappa shape index (κ2) is 4.53. The average Bonchev–Trinajstić information content (AvgIpc) is 2.17. The van der Waals surface area contributed by atoms with Crippen molar-refractivity contribution < 1.29 is 14.7 Å².